The summed E-state index contributed by atoms with van der Waals surface area (Å²) in [6.07, 6.45) is 8.10. The van der Waals surface area contributed by atoms with E-state index in [-0.39, 0.29) is 0 Å². The van der Waals surface area contributed by atoms with Gasteiger partial charge in [0.2, 0.25) is 0 Å². The van der Waals surface area contributed by atoms with Gasteiger partial charge in [0.15, 0.2) is 0 Å². The number of rotatable bonds is 3. The van der Waals surface area contributed by atoms with Crippen LogP contribution in [0.15, 0.2) is 0 Å². The van der Waals surface area contributed by atoms with Gasteiger partial charge in [0, 0.05) is 17.6 Å². The Kier molecular flexibility index (Phi) is 3.60. The van der Waals surface area contributed by atoms with Gasteiger partial charge in [-0.1, -0.05) is 13.8 Å². The summed E-state index contributed by atoms with van der Waals surface area (Å²) in [6.45, 7) is 10.9. The number of nitrogens with one attached hydrogen (secondary N) is 1. The highest BCUT2D eigenvalue weighted by atomic mass is 15.2. The molecule has 2 nitrogen and oxygen atoms in total. The van der Waals surface area contributed by atoms with Crippen LogP contribution in [0, 0.1) is 0 Å². The molecule has 0 spiro atoms. The fourth-order valence-electron chi connectivity index (χ4n) is 3.31. The first-order chi connectivity index (χ1) is 7.64. The molecule has 94 valence electrons. The highest BCUT2D eigenvalue weighted by Gasteiger charge is 2.42. The summed E-state index contributed by atoms with van der Waals surface area (Å²) < 4.78 is 0. The molecule has 1 aliphatic heterocycles. The first kappa shape index (κ1) is 12.4. The Morgan fingerprint density at radius 2 is 1.81 bits per heavy atom. The zero-order valence-corrected chi connectivity index (χ0v) is 11.3. The molecule has 0 amide bonds. The van der Waals surface area contributed by atoms with Crippen LogP contribution in [-0.2, 0) is 0 Å². The molecule has 0 atom stereocenters. The summed E-state index contributed by atoms with van der Waals surface area (Å²) in [7, 11) is 0. The van der Waals surface area contributed by atoms with Gasteiger partial charge in [-0.2, -0.15) is 0 Å². The van der Waals surface area contributed by atoms with Crippen molar-refractivity contribution in [2.45, 2.75) is 70.4 Å². The summed E-state index contributed by atoms with van der Waals surface area (Å²) in [5.41, 5.74) is 0.913. The van der Waals surface area contributed by atoms with Crippen molar-refractivity contribution in [1.29, 1.82) is 0 Å². The van der Waals surface area contributed by atoms with Crippen LogP contribution in [0.2, 0.25) is 0 Å². The van der Waals surface area contributed by atoms with E-state index in [0.717, 1.165) is 0 Å². The minimum atomic E-state index is 0.384. The highest BCUT2D eigenvalue weighted by Crippen LogP contribution is 2.39. The zero-order valence-electron chi connectivity index (χ0n) is 11.3. The van der Waals surface area contributed by atoms with Gasteiger partial charge >= 0.3 is 0 Å². The summed E-state index contributed by atoms with van der Waals surface area (Å²) >= 11 is 0. The summed E-state index contributed by atoms with van der Waals surface area (Å²) in [5.74, 6) is 0. The molecule has 2 fully saturated rings. The number of nitrogens with zero attached hydrogens (tertiary/aromatic N) is 1. The molecule has 0 radical (unpaired) electrons. The van der Waals surface area contributed by atoms with Crippen LogP contribution in [0.4, 0.5) is 0 Å². The first-order valence-corrected chi connectivity index (χ1v) is 7.14. The second kappa shape index (κ2) is 4.66. The van der Waals surface area contributed by atoms with Crippen molar-refractivity contribution in [2.75, 3.05) is 19.6 Å². The van der Waals surface area contributed by atoms with Crippen LogP contribution in [0.1, 0.15) is 59.3 Å². The summed E-state index contributed by atoms with van der Waals surface area (Å²) in [5, 5.41) is 3.80. The van der Waals surface area contributed by atoms with E-state index < -0.39 is 0 Å². The lowest BCUT2D eigenvalue weighted by atomic mass is 9.76. The Labute approximate surface area is 101 Å². The molecule has 0 unspecified atom stereocenters. The minimum absolute atomic E-state index is 0.384. The van der Waals surface area contributed by atoms with Crippen molar-refractivity contribution in [3.63, 3.8) is 0 Å². The maximum atomic E-state index is 3.80. The Hall–Kier alpha value is -0.0800. The Morgan fingerprint density at radius 3 is 2.31 bits per heavy atom. The van der Waals surface area contributed by atoms with Crippen molar-refractivity contribution in [2.24, 2.45) is 0 Å². The lowest BCUT2D eigenvalue weighted by Gasteiger charge is -2.50. The van der Waals surface area contributed by atoms with E-state index in [1.54, 1.807) is 0 Å². The van der Waals surface area contributed by atoms with Crippen LogP contribution < -0.4 is 5.32 Å². The van der Waals surface area contributed by atoms with Crippen molar-refractivity contribution < 1.29 is 0 Å². The van der Waals surface area contributed by atoms with Crippen molar-refractivity contribution in [1.82, 2.24) is 10.2 Å². The van der Waals surface area contributed by atoms with Gasteiger partial charge in [0.25, 0.3) is 0 Å². The van der Waals surface area contributed by atoms with Gasteiger partial charge in [0.05, 0.1) is 0 Å². The molecule has 16 heavy (non-hydrogen) atoms. The van der Waals surface area contributed by atoms with Crippen LogP contribution >= 0.6 is 0 Å². The van der Waals surface area contributed by atoms with E-state index in [0.29, 0.717) is 11.1 Å². The third-order valence-corrected chi connectivity index (χ3v) is 5.15. The van der Waals surface area contributed by atoms with Crippen LogP contribution in [0.25, 0.3) is 0 Å². The van der Waals surface area contributed by atoms with Crippen molar-refractivity contribution in [3.8, 4) is 0 Å². The van der Waals surface area contributed by atoms with E-state index in [1.165, 1.54) is 58.2 Å². The molecule has 1 saturated heterocycles. The number of hydrogen-bond donors (Lipinski definition) is 1. The van der Waals surface area contributed by atoms with Gasteiger partial charge in [-0.05, 0) is 58.5 Å². The molecule has 2 rings (SSSR count). The Bertz CT molecular complexity index is 229. The molecule has 1 heterocycles. The molecule has 1 saturated carbocycles. The topological polar surface area (TPSA) is 15.3 Å². The second-order valence-electron chi connectivity index (χ2n) is 6.04. The average molecular weight is 224 g/mol. The van der Waals surface area contributed by atoms with Gasteiger partial charge in [0.1, 0.15) is 0 Å². The Balaban J connectivity index is 2.08. The fraction of sp³-hybridized carbons (Fsp3) is 1.00. The van der Waals surface area contributed by atoms with Gasteiger partial charge in [-0.15, -0.1) is 0 Å². The summed E-state index contributed by atoms with van der Waals surface area (Å²) in [4.78, 5) is 2.78. The predicted molar refractivity (Wildman–Crippen MR) is 69.8 cm³/mol. The third kappa shape index (κ3) is 2.14. The molecular weight excluding hydrogens is 196 g/mol. The van der Waals surface area contributed by atoms with E-state index >= 15 is 0 Å². The maximum Gasteiger partial charge on any atom is 0.0303 e. The SMILES string of the molecule is CCC1(CC)CN(C2(C)CCC2)CCCN1. The van der Waals surface area contributed by atoms with Gasteiger partial charge < -0.3 is 5.32 Å². The van der Waals surface area contributed by atoms with E-state index in [9.17, 15) is 0 Å². The lowest BCUT2D eigenvalue weighted by Crippen LogP contribution is -2.58. The van der Waals surface area contributed by atoms with Gasteiger partial charge in [-0.25, -0.2) is 0 Å². The molecule has 0 aromatic carbocycles. The maximum absolute atomic E-state index is 3.80. The smallest absolute Gasteiger partial charge is 0.0303 e. The molecule has 0 aromatic rings. The lowest BCUT2D eigenvalue weighted by molar-refractivity contribution is 0.0162. The molecule has 0 aromatic heterocycles. The number of hydrogen-bond acceptors (Lipinski definition) is 2. The van der Waals surface area contributed by atoms with Crippen molar-refractivity contribution in [3.05, 3.63) is 0 Å². The molecular formula is C14H28N2. The summed E-state index contributed by atoms with van der Waals surface area (Å²) in [6, 6.07) is 0. The van der Waals surface area contributed by atoms with Crippen molar-refractivity contribution >= 4 is 0 Å². The standard InChI is InChI=1S/C14H28N2/c1-4-14(5-2)12-16(11-7-10-15-14)13(3)8-6-9-13/h15H,4-12H2,1-3H3. The molecule has 1 N–H and O–H groups in total. The highest BCUT2D eigenvalue weighted by molar-refractivity contribution is 5.00. The predicted octanol–water partition coefficient (Wildman–Crippen LogP) is 2.78. The van der Waals surface area contributed by atoms with Crippen LogP contribution in [0.3, 0.4) is 0 Å². The Morgan fingerprint density at radius 1 is 1.12 bits per heavy atom. The fourth-order valence-corrected chi connectivity index (χ4v) is 3.31. The van der Waals surface area contributed by atoms with Gasteiger partial charge in [-0.3, -0.25) is 4.90 Å². The molecule has 0 bridgehead atoms. The molecule has 1 aliphatic carbocycles. The molecule has 2 aliphatic rings. The average Bonchev–Trinajstić information content (AvgIpc) is 2.49. The van der Waals surface area contributed by atoms with Crippen LogP contribution in [0.5, 0.6) is 0 Å². The van der Waals surface area contributed by atoms with Crippen LogP contribution in [-0.4, -0.2) is 35.6 Å². The molecule has 2 heteroatoms. The zero-order chi connectivity index (χ0) is 11.6. The normalized spacial score (nSPS) is 29.4. The third-order valence-electron chi connectivity index (χ3n) is 5.15. The monoisotopic (exact) mass is 224 g/mol. The first-order valence-electron chi connectivity index (χ1n) is 7.14. The van der Waals surface area contributed by atoms with E-state index in [1.807, 2.05) is 0 Å². The minimum Gasteiger partial charge on any atom is -0.310 e. The largest absolute Gasteiger partial charge is 0.310 e. The van der Waals surface area contributed by atoms with E-state index in [2.05, 4.69) is 31.0 Å². The quantitative estimate of drug-likeness (QED) is 0.793. The van der Waals surface area contributed by atoms with E-state index in [4.69, 9.17) is 0 Å². The second-order valence-corrected chi connectivity index (χ2v) is 6.04.